The number of hydrogen-bond acceptors (Lipinski definition) is 8. The van der Waals surface area contributed by atoms with Crippen molar-refractivity contribution in [1.29, 1.82) is 0 Å². The van der Waals surface area contributed by atoms with Gasteiger partial charge in [0.2, 0.25) is 6.79 Å². The summed E-state index contributed by atoms with van der Waals surface area (Å²) in [5.74, 6) is -1.39. The number of aryl methyl sites for hydroxylation is 1. The second-order valence-electron chi connectivity index (χ2n) is 11.5. The number of benzene rings is 1. The van der Waals surface area contributed by atoms with E-state index >= 15 is 0 Å². The summed E-state index contributed by atoms with van der Waals surface area (Å²) in [4.78, 5) is 41.7. The summed E-state index contributed by atoms with van der Waals surface area (Å²) in [5, 5.41) is 0. The highest BCUT2D eigenvalue weighted by atomic mass is 16.8. The zero-order valence-corrected chi connectivity index (χ0v) is 28.1. The highest BCUT2D eigenvalue weighted by molar-refractivity contribution is 5.73. The molecule has 9 nitrogen and oxygen atoms in total. The molecule has 0 unspecified atom stereocenters. The standard InChI is InChI=1S/C37H54N2O7/c1-4-6-7-8-9-10-11-12-13-14-15-16-17-18-22-25-35(40)43-28-31(26-32-27-38-29-39(32)3)34(5-2)36(41)44-30-45-37(42)46-33-23-20-19-21-24-33/h9-10,12-13,19-21,23-24,27,29,31,34H,4-8,11,14-18,22,25-26,28,30H2,1-3H3/b10-9-,13-12-/t31-,34-/m0/s1. The lowest BCUT2D eigenvalue weighted by Crippen LogP contribution is -2.32. The largest absolute Gasteiger partial charge is 0.516 e. The van der Waals surface area contributed by atoms with Crippen molar-refractivity contribution in [2.24, 2.45) is 18.9 Å². The van der Waals surface area contributed by atoms with E-state index in [2.05, 4.69) is 36.2 Å². The molecule has 254 valence electrons. The lowest BCUT2D eigenvalue weighted by Gasteiger charge is -2.24. The first-order valence-corrected chi connectivity index (χ1v) is 16.9. The van der Waals surface area contributed by atoms with Crippen molar-refractivity contribution in [2.75, 3.05) is 13.4 Å². The average molecular weight is 639 g/mol. The average Bonchev–Trinajstić information content (AvgIpc) is 3.46. The van der Waals surface area contributed by atoms with Crippen LogP contribution in [0.4, 0.5) is 4.79 Å². The maximum Gasteiger partial charge on any atom is 0.516 e. The Balaban J connectivity index is 1.70. The number of ether oxygens (including phenoxy) is 4. The van der Waals surface area contributed by atoms with Crippen LogP contribution < -0.4 is 4.74 Å². The molecule has 0 spiro atoms. The van der Waals surface area contributed by atoms with Gasteiger partial charge in [-0.25, -0.2) is 9.78 Å². The highest BCUT2D eigenvalue weighted by Gasteiger charge is 2.30. The van der Waals surface area contributed by atoms with Gasteiger partial charge >= 0.3 is 18.1 Å². The fourth-order valence-electron chi connectivity index (χ4n) is 5.07. The maximum atomic E-state index is 13.0. The molecule has 0 fully saturated rings. The van der Waals surface area contributed by atoms with Crippen LogP contribution in [-0.2, 0) is 37.3 Å². The van der Waals surface area contributed by atoms with Gasteiger partial charge in [0.15, 0.2) is 0 Å². The molecule has 1 aromatic carbocycles. The van der Waals surface area contributed by atoms with Crippen molar-refractivity contribution in [1.82, 2.24) is 9.55 Å². The first kappa shape index (κ1) is 38.3. The molecule has 0 saturated carbocycles. The van der Waals surface area contributed by atoms with E-state index in [0.29, 0.717) is 25.0 Å². The van der Waals surface area contributed by atoms with Crippen molar-refractivity contribution in [3.8, 4) is 5.75 Å². The zero-order chi connectivity index (χ0) is 33.2. The summed E-state index contributed by atoms with van der Waals surface area (Å²) >= 11 is 0. The number of aromatic nitrogens is 2. The molecule has 1 aromatic heterocycles. The Morgan fingerprint density at radius 1 is 0.848 bits per heavy atom. The van der Waals surface area contributed by atoms with Gasteiger partial charge in [-0.3, -0.25) is 9.59 Å². The monoisotopic (exact) mass is 638 g/mol. The molecule has 0 aliphatic heterocycles. The summed E-state index contributed by atoms with van der Waals surface area (Å²) in [6, 6.07) is 8.46. The van der Waals surface area contributed by atoms with E-state index in [0.717, 1.165) is 50.6 Å². The lowest BCUT2D eigenvalue weighted by molar-refractivity contribution is -0.162. The van der Waals surface area contributed by atoms with Crippen LogP contribution in [0.2, 0.25) is 0 Å². The quantitative estimate of drug-likeness (QED) is 0.0370. The van der Waals surface area contributed by atoms with Crippen LogP contribution in [0.15, 0.2) is 67.2 Å². The molecule has 2 aromatic rings. The van der Waals surface area contributed by atoms with Gasteiger partial charge in [0.25, 0.3) is 0 Å². The predicted octanol–water partition coefficient (Wildman–Crippen LogP) is 8.68. The summed E-state index contributed by atoms with van der Waals surface area (Å²) in [7, 11) is 1.88. The van der Waals surface area contributed by atoms with Gasteiger partial charge in [0.05, 0.1) is 18.9 Å². The molecule has 0 N–H and O–H groups in total. The summed E-state index contributed by atoms with van der Waals surface area (Å²) in [6.45, 7) is 3.60. The van der Waals surface area contributed by atoms with E-state index in [4.69, 9.17) is 18.9 Å². The van der Waals surface area contributed by atoms with Gasteiger partial charge < -0.3 is 23.5 Å². The third-order valence-corrected chi connectivity index (χ3v) is 7.81. The van der Waals surface area contributed by atoms with Crippen LogP contribution in [0.3, 0.4) is 0 Å². The molecular formula is C37H54N2O7. The van der Waals surface area contributed by atoms with E-state index in [1.54, 1.807) is 42.9 Å². The lowest BCUT2D eigenvalue weighted by atomic mass is 9.87. The van der Waals surface area contributed by atoms with E-state index in [1.807, 2.05) is 18.5 Å². The van der Waals surface area contributed by atoms with Crippen molar-refractivity contribution >= 4 is 18.1 Å². The number of carbonyl (C=O) groups excluding carboxylic acids is 3. The van der Waals surface area contributed by atoms with Gasteiger partial charge in [-0.2, -0.15) is 0 Å². The van der Waals surface area contributed by atoms with Crippen molar-refractivity contribution in [3.05, 3.63) is 72.9 Å². The fourth-order valence-corrected chi connectivity index (χ4v) is 5.07. The Hall–Kier alpha value is -3.88. The Morgan fingerprint density at radius 2 is 1.54 bits per heavy atom. The summed E-state index contributed by atoms with van der Waals surface area (Å²) in [6.07, 6.45) is 25.1. The van der Waals surface area contributed by atoms with Crippen LogP contribution in [0.25, 0.3) is 0 Å². The Labute approximate surface area is 275 Å². The normalized spacial score (nSPS) is 12.7. The molecule has 0 amide bonds. The predicted molar refractivity (Wildman–Crippen MR) is 179 cm³/mol. The molecule has 0 aliphatic carbocycles. The Bertz CT molecular complexity index is 1180. The van der Waals surface area contributed by atoms with Gasteiger partial charge in [0.1, 0.15) is 5.75 Å². The van der Waals surface area contributed by atoms with Crippen LogP contribution in [0.5, 0.6) is 5.75 Å². The SMILES string of the molecule is CCCCC/C=C\C/C=C\CCCCCCCC(=O)OC[C@H](Cc1cncn1C)[C@H](CC)C(=O)OCOC(=O)Oc1ccccc1. The minimum atomic E-state index is -0.972. The highest BCUT2D eigenvalue weighted by Crippen LogP contribution is 2.23. The third-order valence-electron chi connectivity index (χ3n) is 7.81. The molecule has 9 heteroatoms. The number of rotatable bonds is 24. The zero-order valence-electron chi connectivity index (χ0n) is 28.1. The van der Waals surface area contributed by atoms with E-state index in [1.165, 1.54) is 25.7 Å². The van der Waals surface area contributed by atoms with Gasteiger partial charge in [-0.1, -0.05) is 88.5 Å². The number of esters is 2. The van der Waals surface area contributed by atoms with Gasteiger partial charge in [-0.05, 0) is 63.5 Å². The van der Waals surface area contributed by atoms with Gasteiger partial charge in [0, 0.05) is 31.3 Å². The Kier molecular flexibility index (Phi) is 20.3. The molecule has 46 heavy (non-hydrogen) atoms. The topological polar surface area (TPSA) is 106 Å². The number of carbonyl (C=O) groups is 3. The molecule has 0 saturated heterocycles. The first-order valence-electron chi connectivity index (χ1n) is 16.9. The third kappa shape index (κ3) is 17.0. The second-order valence-corrected chi connectivity index (χ2v) is 11.5. The number of imidazole rings is 1. The number of nitrogens with zero attached hydrogens (tertiary/aromatic N) is 2. The molecule has 0 bridgehead atoms. The number of allylic oxidation sites excluding steroid dienone is 4. The minimum Gasteiger partial charge on any atom is -0.465 e. The maximum absolute atomic E-state index is 13.0. The number of unbranched alkanes of at least 4 members (excludes halogenated alkanes) is 8. The molecule has 2 rings (SSSR count). The van der Waals surface area contributed by atoms with E-state index in [9.17, 15) is 14.4 Å². The molecule has 1 heterocycles. The number of hydrogen-bond donors (Lipinski definition) is 0. The fraction of sp³-hybridized carbons (Fsp3) is 0.568. The van der Waals surface area contributed by atoms with Crippen LogP contribution in [0, 0.1) is 11.8 Å². The van der Waals surface area contributed by atoms with Crippen LogP contribution >= 0.6 is 0 Å². The van der Waals surface area contributed by atoms with Gasteiger partial charge in [-0.15, -0.1) is 0 Å². The minimum absolute atomic E-state index is 0.0782. The Morgan fingerprint density at radius 3 is 2.22 bits per heavy atom. The summed E-state index contributed by atoms with van der Waals surface area (Å²) < 4.78 is 22.8. The van der Waals surface area contributed by atoms with Crippen molar-refractivity contribution in [3.63, 3.8) is 0 Å². The summed E-state index contributed by atoms with van der Waals surface area (Å²) in [5.41, 5.74) is 0.906. The first-order chi connectivity index (χ1) is 22.4. The smallest absolute Gasteiger partial charge is 0.465 e. The second kappa shape index (κ2) is 24.4. The number of para-hydroxylation sites is 1. The van der Waals surface area contributed by atoms with Crippen molar-refractivity contribution < 1.29 is 33.3 Å². The van der Waals surface area contributed by atoms with E-state index < -0.39 is 24.8 Å². The van der Waals surface area contributed by atoms with Crippen LogP contribution in [0.1, 0.15) is 103 Å². The molecule has 0 aliphatic rings. The molecule has 0 radical (unpaired) electrons. The van der Waals surface area contributed by atoms with E-state index in [-0.39, 0.29) is 18.5 Å². The van der Waals surface area contributed by atoms with Crippen LogP contribution in [-0.4, -0.2) is 41.0 Å². The molecule has 2 atom stereocenters. The molecular weight excluding hydrogens is 584 g/mol. The van der Waals surface area contributed by atoms with Crippen molar-refractivity contribution in [2.45, 2.75) is 104 Å².